The Labute approximate surface area is 119 Å². The van der Waals surface area contributed by atoms with Crippen molar-refractivity contribution in [2.45, 2.75) is 45.6 Å². The molecule has 1 aliphatic heterocycles. The molecule has 2 fully saturated rings. The smallest absolute Gasteiger partial charge is 0.302 e. The van der Waals surface area contributed by atoms with Crippen LogP contribution in [0.2, 0.25) is 0 Å². The summed E-state index contributed by atoms with van der Waals surface area (Å²) in [6.07, 6.45) is 3.19. The number of rotatable bonds is 6. The molecule has 0 aromatic heterocycles. The van der Waals surface area contributed by atoms with Crippen LogP contribution in [0.15, 0.2) is 0 Å². The van der Waals surface area contributed by atoms with Crippen LogP contribution in [0.4, 0.5) is 4.79 Å². The summed E-state index contributed by atoms with van der Waals surface area (Å²) in [5, 5.41) is 2.33. The van der Waals surface area contributed by atoms with Crippen molar-refractivity contribution < 1.29 is 14.4 Å². The quantitative estimate of drug-likeness (QED) is 0.736. The molecule has 1 aliphatic carbocycles. The van der Waals surface area contributed by atoms with Crippen molar-refractivity contribution in [2.75, 3.05) is 20.1 Å². The Morgan fingerprint density at radius 3 is 2.35 bits per heavy atom. The van der Waals surface area contributed by atoms with Crippen LogP contribution < -0.4 is 5.32 Å². The maximum Gasteiger partial charge on any atom is 0.330 e. The largest absolute Gasteiger partial charge is 0.330 e. The molecule has 1 saturated heterocycles. The van der Waals surface area contributed by atoms with Crippen molar-refractivity contribution in [3.8, 4) is 0 Å². The average Bonchev–Trinajstić information content (AvgIpc) is 3.24. The molecular weight excluding hydrogens is 258 g/mol. The lowest BCUT2D eigenvalue weighted by atomic mass is 9.78. The summed E-state index contributed by atoms with van der Waals surface area (Å²) in [6.45, 7) is 4.62. The van der Waals surface area contributed by atoms with Crippen molar-refractivity contribution in [1.82, 2.24) is 15.1 Å². The molecule has 0 spiro atoms. The number of nitrogens with zero attached hydrogens (tertiary/aromatic N) is 2. The first-order chi connectivity index (χ1) is 9.46. The van der Waals surface area contributed by atoms with Gasteiger partial charge < -0.3 is 4.90 Å². The number of amides is 4. The average molecular weight is 281 g/mol. The third-order valence-electron chi connectivity index (χ3n) is 4.61. The maximum absolute atomic E-state index is 12.6. The van der Waals surface area contributed by atoms with E-state index in [2.05, 4.69) is 10.2 Å². The van der Waals surface area contributed by atoms with Gasteiger partial charge in [-0.15, -0.1) is 0 Å². The molecule has 0 aromatic carbocycles. The van der Waals surface area contributed by atoms with Gasteiger partial charge in [-0.25, -0.2) is 4.79 Å². The highest BCUT2D eigenvalue weighted by Crippen LogP contribution is 2.32. The first-order valence-electron chi connectivity index (χ1n) is 7.34. The SMILES string of the molecule is CCC1(CC)C(=O)NC(=O)N(CCN(C)C2CC2)C1=O. The summed E-state index contributed by atoms with van der Waals surface area (Å²) in [5.74, 6) is -0.801. The van der Waals surface area contributed by atoms with Gasteiger partial charge in [0.05, 0.1) is 0 Å². The highest BCUT2D eigenvalue weighted by atomic mass is 16.2. The molecule has 112 valence electrons. The van der Waals surface area contributed by atoms with Crippen molar-refractivity contribution in [3.05, 3.63) is 0 Å². The molecule has 0 atom stereocenters. The van der Waals surface area contributed by atoms with E-state index in [1.54, 1.807) is 0 Å². The number of hydrogen-bond acceptors (Lipinski definition) is 4. The molecule has 0 unspecified atom stereocenters. The first-order valence-corrected chi connectivity index (χ1v) is 7.34. The number of imide groups is 2. The van der Waals surface area contributed by atoms with E-state index < -0.39 is 17.4 Å². The number of urea groups is 1. The second kappa shape index (κ2) is 5.52. The standard InChI is InChI=1S/C14H23N3O3/c1-4-14(5-2)11(18)15-13(20)17(12(14)19)9-8-16(3)10-6-7-10/h10H,4-9H2,1-3H3,(H,15,18,20). The van der Waals surface area contributed by atoms with Crippen LogP contribution in [-0.4, -0.2) is 53.8 Å². The lowest BCUT2D eigenvalue weighted by Gasteiger charge is -2.38. The monoisotopic (exact) mass is 281 g/mol. The number of likely N-dealkylation sites (N-methyl/N-ethyl adjacent to an activating group) is 1. The van der Waals surface area contributed by atoms with E-state index in [0.29, 0.717) is 32.0 Å². The second-order valence-electron chi connectivity index (χ2n) is 5.72. The molecule has 0 bridgehead atoms. The topological polar surface area (TPSA) is 69.7 Å². The van der Waals surface area contributed by atoms with E-state index >= 15 is 0 Å². The minimum Gasteiger partial charge on any atom is -0.302 e. The molecule has 1 saturated carbocycles. The first kappa shape index (κ1) is 15.0. The van der Waals surface area contributed by atoms with Gasteiger partial charge >= 0.3 is 6.03 Å². The van der Waals surface area contributed by atoms with Gasteiger partial charge in [0, 0.05) is 19.1 Å². The summed E-state index contributed by atoms with van der Waals surface area (Å²) in [5.41, 5.74) is -1.08. The number of carbonyl (C=O) groups excluding carboxylic acids is 3. The van der Waals surface area contributed by atoms with Gasteiger partial charge in [-0.05, 0) is 32.7 Å². The predicted molar refractivity (Wildman–Crippen MR) is 73.9 cm³/mol. The van der Waals surface area contributed by atoms with Crippen LogP contribution in [0.5, 0.6) is 0 Å². The van der Waals surface area contributed by atoms with Gasteiger partial charge in [-0.3, -0.25) is 19.8 Å². The maximum atomic E-state index is 12.6. The predicted octanol–water partition coefficient (Wildman–Crippen LogP) is 0.965. The van der Waals surface area contributed by atoms with E-state index in [1.807, 2.05) is 20.9 Å². The normalized spacial score (nSPS) is 22.4. The number of carbonyl (C=O) groups is 3. The van der Waals surface area contributed by atoms with Crippen molar-refractivity contribution in [3.63, 3.8) is 0 Å². The van der Waals surface area contributed by atoms with Gasteiger partial charge in [0.25, 0.3) is 0 Å². The summed E-state index contributed by atoms with van der Waals surface area (Å²) in [6, 6.07) is 0.00316. The Morgan fingerprint density at radius 2 is 1.85 bits per heavy atom. The minimum atomic E-state index is -1.08. The Bertz CT molecular complexity index is 427. The molecule has 20 heavy (non-hydrogen) atoms. The Balaban J connectivity index is 2.08. The number of barbiturate groups is 1. The van der Waals surface area contributed by atoms with E-state index in [9.17, 15) is 14.4 Å². The van der Waals surface area contributed by atoms with E-state index in [0.717, 1.165) is 0 Å². The zero-order chi connectivity index (χ0) is 14.9. The summed E-state index contributed by atoms with van der Waals surface area (Å²) in [4.78, 5) is 39.8. The van der Waals surface area contributed by atoms with Crippen LogP contribution >= 0.6 is 0 Å². The fourth-order valence-electron chi connectivity index (χ4n) is 2.76. The van der Waals surface area contributed by atoms with E-state index in [1.165, 1.54) is 17.7 Å². The highest BCUT2D eigenvalue weighted by molar-refractivity contribution is 6.19. The number of hydrogen-bond donors (Lipinski definition) is 1. The summed E-state index contributed by atoms with van der Waals surface area (Å²) < 4.78 is 0. The molecule has 0 aromatic rings. The molecule has 6 heteroatoms. The fraction of sp³-hybridized carbons (Fsp3) is 0.786. The van der Waals surface area contributed by atoms with Crippen molar-refractivity contribution >= 4 is 17.8 Å². The van der Waals surface area contributed by atoms with Crippen LogP contribution in [-0.2, 0) is 9.59 Å². The van der Waals surface area contributed by atoms with Gasteiger partial charge in [0.1, 0.15) is 5.41 Å². The lowest BCUT2D eigenvalue weighted by Crippen LogP contribution is -2.64. The Morgan fingerprint density at radius 1 is 1.25 bits per heavy atom. The molecule has 4 amide bonds. The third kappa shape index (κ3) is 2.44. The van der Waals surface area contributed by atoms with Gasteiger partial charge in [0.2, 0.25) is 11.8 Å². The Hall–Kier alpha value is -1.43. The zero-order valence-electron chi connectivity index (χ0n) is 12.4. The third-order valence-corrected chi connectivity index (χ3v) is 4.61. The van der Waals surface area contributed by atoms with Gasteiger partial charge in [-0.1, -0.05) is 13.8 Å². The van der Waals surface area contributed by atoms with E-state index in [4.69, 9.17) is 0 Å². The molecule has 2 rings (SSSR count). The van der Waals surface area contributed by atoms with Crippen LogP contribution in [0, 0.1) is 5.41 Å². The Kier molecular flexibility index (Phi) is 4.13. The number of nitrogens with one attached hydrogen (secondary N) is 1. The van der Waals surface area contributed by atoms with Crippen LogP contribution in [0.25, 0.3) is 0 Å². The minimum absolute atomic E-state index is 0.340. The van der Waals surface area contributed by atoms with Crippen molar-refractivity contribution in [1.29, 1.82) is 0 Å². The molecule has 1 heterocycles. The molecular formula is C14H23N3O3. The zero-order valence-corrected chi connectivity index (χ0v) is 12.4. The molecule has 6 nitrogen and oxygen atoms in total. The molecule has 2 aliphatic rings. The van der Waals surface area contributed by atoms with Gasteiger partial charge in [0.15, 0.2) is 0 Å². The van der Waals surface area contributed by atoms with Gasteiger partial charge in [-0.2, -0.15) is 0 Å². The molecule has 1 N–H and O–H groups in total. The van der Waals surface area contributed by atoms with Crippen molar-refractivity contribution in [2.24, 2.45) is 5.41 Å². The fourth-order valence-corrected chi connectivity index (χ4v) is 2.76. The van der Waals surface area contributed by atoms with Crippen LogP contribution in [0.3, 0.4) is 0 Å². The van der Waals surface area contributed by atoms with Crippen LogP contribution in [0.1, 0.15) is 39.5 Å². The lowest BCUT2D eigenvalue weighted by molar-refractivity contribution is -0.152. The highest BCUT2D eigenvalue weighted by Gasteiger charge is 2.51. The second-order valence-corrected chi connectivity index (χ2v) is 5.72. The summed E-state index contributed by atoms with van der Waals surface area (Å²) >= 11 is 0. The summed E-state index contributed by atoms with van der Waals surface area (Å²) in [7, 11) is 2.00. The molecule has 0 radical (unpaired) electrons. The van der Waals surface area contributed by atoms with E-state index in [-0.39, 0.29) is 5.91 Å².